The van der Waals surface area contributed by atoms with Gasteiger partial charge in [0.2, 0.25) is 5.91 Å². The molecule has 20 heavy (non-hydrogen) atoms. The number of rotatable bonds is 8. The highest BCUT2D eigenvalue weighted by Crippen LogP contribution is 2.26. The maximum atomic E-state index is 11.9. The van der Waals surface area contributed by atoms with Gasteiger partial charge in [0.25, 0.3) is 0 Å². The molecule has 0 spiro atoms. The first-order valence-corrected chi connectivity index (χ1v) is 7.22. The van der Waals surface area contributed by atoms with E-state index >= 15 is 0 Å². The predicted octanol–water partition coefficient (Wildman–Crippen LogP) is 2.70. The zero-order valence-electron chi connectivity index (χ0n) is 12.7. The summed E-state index contributed by atoms with van der Waals surface area (Å²) < 4.78 is 5.35. The minimum Gasteiger partial charge on any atom is -0.496 e. The summed E-state index contributed by atoms with van der Waals surface area (Å²) in [6.45, 7) is 4.71. The van der Waals surface area contributed by atoms with Crippen molar-refractivity contribution in [2.75, 3.05) is 13.7 Å². The van der Waals surface area contributed by atoms with Crippen LogP contribution in [0, 0.1) is 6.92 Å². The number of ether oxygens (including phenoxy) is 1. The average molecular weight is 278 g/mol. The Kier molecular flexibility index (Phi) is 7.09. The molecule has 3 N–H and O–H groups in total. The number of amides is 1. The molecule has 4 nitrogen and oxygen atoms in total. The number of nitrogens with two attached hydrogens (primary N) is 1. The van der Waals surface area contributed by atoms with Gasteiger partial charge in [0.15, 0.2) is 0 Å². The van der Waals surface area contributed by atoms with Crippen LogP contribution in [-0.4, -0.2) is 19.6 Å². The zero-order valence-corrected chi connectivity index (χ0v) is 12.7. The molecule has 4 heteroatoms. The quantitative estimate of drug-likeness (QED) is 0.719. The van der Waals surface area contributed by atoms with E-state index in [1.165, 1.54) is 0 Å². The number of unbranched alkanes of at least 4 members (excludes halogenated alkanes) is 2. The van der Waals surface area contributed by atoms with Crippen molar-refractivity contribution in [1.82, 2.24) is 5.32 Å². The zero-order chi connectivity index (χ0) is 15.0. The number of hydrogen-bond acceptors (Lipinski definition) is 3. The van der Waals surface area contributed by atoms with E-state index in [0.717, 1.165) is 36.1 Å². The first kappa shape index (κ1) is 16.5. The highest BCUT2D eigenvalue weighted by atomic mass is 16.5. The van der Waals surface area contributed by atoms with Gasteiger partial charge < -0.3 is 15.8 Å². The molecule has 112 valence electrons. The third-order valence-corrected chi connectivity index (χ3v) is 3.34. The lowest BCUT2D eigenvalue weighted by atomic mass is 10.0. The number of nitrogens with one attached hydrogen (secondary N) is 1. The van der Waals surface area contributed by atoms with Crippen molar-refractivity contribution < 1.29 is 9.53 Å². The van der Waals surface area contributed by atoms with Gasteiger partial charge >= 0.3 is 0 Å². The Bertz CT molecular complexity index is 432. The van der Waals surface area contributed by atoms with E-state index in [4.69, 9.17) is 10.5 Å². The molecule has 1 amide bonds. The van der Waals surface area contributed by atoms with E-state index in [9.17, 15) is 4.79 Å². The molecule has 0 radical (unpaired) electrons. The molecule has 1 unspecified atom stereocenters. The van der Waals surface area contributed by atoms with Gasteiger partial charge in [-0.15, -0.1) is 0 Å². The summed E-state index contributed by atoms with van der Waals surface area (Å²) in [6.07, 6.45) is 3.43. The van der Waals surface area contributed by atoms with E-state index in [-0.39, 0.29) is 11.9 Å². The van der Waals surface area contributed by atoms with Gasteiger partial charge in [0.05, 0.1) is 13.2 Å². The van der Waals surface area contributed by atoms with Crippen LogP contribution in [0.4, 0.5) is 0 Å². The number of carbonyl (C=O) groups excluding carboxylic acids is 1. The molecule has 0 heterocycles. The van der Waals surface area contributed by atoms with Gasteiger partial charge in [-0.1, -0.05) is 24.1 Å². The molecule has 0 aliphatic carbocycles. The summed E-state index contributed by atoms with van der Waals surface area (Å²) >= 11 is 0. The van der Waals surface area contributed by atoms with Gasteiger partial charge in [-0.05, 0) is 39.3 Å². The molecule has 0 bridgehead atoms. The van der Waals surface area contributed by atoms with E-state index in [0.29, 0.717) is 13.0 Å². The fourth-order valence-electron chi connectivity index (χ4n) is 2.19. The van der Waals surface area contributed by atoms with Crippen molar-refractivity contribution in [2.24, 2.45) is 5.73 Å². The van der Waals surface area contributed by atoms with Crippen molar-refractivity contribution >= 4 is 5.91 Å². The highest BCUT2D eigenvalue weighted by Gasteiger charge is 2.14. The lowest BCUT2D eigenvalue weighted by molar-refractivity contribution is -0.121. The predicted molar refractivity (Wildman–Crippen MR) is 81.8 cm³/mol. The first-order valence-electron chi connectivity index (χ1n) is 7.22. The number of hydrogen-bond donors (Lipinski definition) is 2. The fraction of sp³-hybridized carbons (Fsp3) is 0.562. The van der Waals surface area contributed by atoms with E-state index in [1.807, 2.05) is 26.0 Å². The second-order valence-corrected chi connectivity index (χ2v) is 5.13. The Labute approximate surface area is 121 Å². The van der Waals surface area contributed by atoms with Crippen LogP contribution in [-0.2, 0) is 4.79 Å². The van der Waals surface area contributed by atoms with Crippen molar-refractivity contribution in [3.05, 3.63) is 29.3 Å². The number of benzene rings is 1. The summed E-state index contributed by atoms with van der Waals surface area (Å²) in [6, 6.07) is 5.95. The van der Waals surface area contributed by atoms with Gasteiger partial charge in [0, 0.05) is 12.0 Å². The number of carbonyl (C=O) groups is 1. The van der Waals surface area contributed by atoms with Crippen molar-refractivity contribution in [2.45, 2.75) is 45.6 Å². The highest BCUT2D eigenvalue weighted by molar-refractivity contribution is 5.76. The van der Waals surface area contributed by atoms with Crippen molar-refractivity contribution in [1.29, 1.82) is 0 Å². The molecular weight excluding hydrogens is 252 g/mol. The second kappa shape index (κ2) is 8.59. The fourth-order valence-corrected chi connectivity index (χ4v) is 2.19. The Morgan fingerprint density at radius 3 is 2.75 bits per heavy atom. The monoisotopic (exact) mass is 278 g/mol. The normalized spacial score (nSPS) is 12.0. The smallest absolute Gasteiger partial charge is 0.220 e. The van der Waals surface area contributed by atoms with Gasteiger partial charge in [-0.25, -0.2) is 0 Å². The van der Waals surface area contributed by atoms with Gasteiger partial charge in [-0.3, -0.25) is 4.79 Å². The molecule has 0 aliphatic rings. The Morgan fingerprint density at radius 1 is 1.35 bits per heavy atom. The van der Waals surface area contributed by atoms with E-state index in [1.54, 1.807) is 7.11 Å². The molecular formula is C16H26N2O2. The molecule has 0 aromatic heterocycles. The van der Waals surface area contributed by atoms with Gasteiger partial charge in [-0.2, -0.15) is 0 Å². The molecule has 1 atom stereocenters. The average Bonchev–Trinajstić information content (AvgIpc) is 2.43. The SMILES string of the molecule is COc1ccc(C)cc1C(C)NC(=O)CCCCCN. The van der Waals surface area contributed by atoms with E-state index in [2.05, 4.69) is 11.4 Å². The minimum absolute atomic E-state index is 0.0492. The summed E-state index contributed by atoms with van der Waals surface area (Å²) in [5.41, 5.74) is 7.61. The standard InChI is InChI=1S/C16H26N2O2/c1-12-8-9-15(20-3)14(11-12)13(2)18-16(19)7-5-4-6-10-17/h8-9,11,13H,4-7,10,17H2,1-3H3,(H,18,19). The molecule has 1 aromatic carbocycles. The maximum absolute atomic E-state index is 11.9. The van der Waals surface area contributed by atoms with E-state index < -0.39 is 0 Å². The topological polar surface area (TPSA) is 64.3 Å². The van der Waals surface area contributed by atoms with Crippen LogP contribution in [0.15, 0.2) is 18.2 Å². The van der Waals surface area contributed by atoms with Crippen molar-refractivity contribution in [3.63, 3.8) is 0 Å². The number of aryl methyl sites for hydroxylation is 1. The molecule has 1 aromatic rings. The lowest BCUT2D eigenvalue weighted by Gasteiger charge is -2.18. The van der Waals surface area contributed by atoms with Gasteiger partial charge in [0.1, 0.15) is 5.75 Å². The van der Waals surface area contributed by atoms with Crippen LogP contribution < -0.4 is 15.8 Å². The lowest BCUT2D eigenvalue weighted by Crippen LogP contribution is -2.26. The minimum atomic E-state index is -0.0492. The molecule has 1 rings (SSSR count). The number of methoxy groups -OCH3 is 1. The van der Waals surface area contributed by atoms with Crippen LogP contribution >= 0.6 is 0 Å². The third kappa shape index (κ3) is 5.21. The maximum Gasteiger partial charge on any atom is 0.220 e. The molecule has 0 fully saturated rings. The summed E-state index contributed by atoms with van der Waals surface area (Å²) in [7, 11) is 1.65. The molecule has 0 saturated heterocycles. The van der Waals surface area contributed by atoms with Crippen LogP contribution in [0.25, 0.3) is 0 Å². The largest absolute Gasteiger partial charge is 0.496 e. The van der Waals surface area contributed by atoms with Crippen LogP contribution in [0.1, 0.15) is 49.8 Å². The summed E-state index contributed by atoms with van der Waals surface area (Å²) in [4.78, 5) is 11.9. The molecule has 0 aliphatic heterocycles. The van der Waals surface area contributed by atoms with Crippen molar-refractivity contribution in [3.8, 4) is 5.75 Å². The van der Waals surface area contributed by atoms with Crippen LogP contribution in [0.5, 0.6) is 5.75 Å². The Hall–Kier alpha value is -1.55. The summed E-state index contributed by atoms with van der Waals surface area (Å²) in [5.74, 6) is 0.893. The van der Waals surface area contributed by atoms with Crippen LogP contribution in [0.2, 0.25) is 0 Å². The first-order chi connectivity index (χ1) is 9.58. The Balaban J connectivity index is 2.55. The summed E-state index contributed by atoms with van der Waals surface area (Å²) in [5, 5.41) is 3.02. The molecule has 0 saturated carbocycles. The third-order valence-electron chi connectivity index (χ3n) is 3.34. The Morgan fingerprint density at radius 2 is 2.10 bits per heavy atom. The van der Waals surface area contributed by atoms with Crippen LogP contribution in [0.3, 0.4) is 0 Å². The second-order valence-electron chi connectivity index (χ2n) is 5.13.